The molecular formula is C18H16F4N2. The van der Waals surface area contributed by atoms with Crippen molar-refractivity contribution in [1.82, 2.24) is 4.98 Å². The Bertz CT molecular complexity index is 813. The van der Waals surface area contributed by atoms with Gasteiger partial charge in [0.2, 0.25) is 0 Å². The number of fused-ring (bicyclic) bond motifs is 5. The molecule has 0 aliphatic heterocycles. The topological polar surface area (TPSA) is 24.9 Å². The van der Waals surface area contributed by atoms with Gasteiger partial charge >= 0.3 is 6.18 Å². The summed E-state index contributed by atoms with van der Waals surface area (Å²) in [5, 5.41) is 3.03. The van der Waals surface area contributed by atoms with E-state index in [1.54, 1.807) is 6.20 Å². The zero-order valence-corrected chi connectivity index (χ0v) is 13.0. The molecule has 2 aliphatic rings. The summed E-state index contributed by atoms with van der Waals surface area (Å²) in [4.78, 5) is 4.40. The predicted octanol–water partition coefficient (Wildman–Crippen LogP) is 5.66. The summed E-state index contributed by atoms with van der Waals surface area (Å²) in [5.74, 6) is -0.311. The molecule has 0 radical (unpaired) electrons. The van der Waals surface area contributed by atoms with Gasteiger partial charge in [0.25, 0.3) is 0 Å². The molecule has 24 heavy (non-hydrogen) atoms. The summed E-state index contributed by atoms with van der Waals surface area (Å²) in [6.45, 7) is 1.98. The Morgan fingerprint density at radius 1 is 1.12 bits per heavy atom. The number of aromatic nitrogens is 1. The second-order valence-electron chi connectivity index (χ2n) is 6.61. The second kappa shape index (κ2) is 5.19. The van der Waals surface area contributed by atoms with Crippen molar-refractivity contribution < 1.29 is 17.6 Å². The molecule has 4 rings (SSSR count). The monoisotopic (exact) mass is 336 g/mol. The van der Waals surface area contributed by atoms with Crippen LogP contribution in [0.1, 0.15) is 53.5 Å². The first-order valence-electron chi connectivity index (χ1n) is 7.97. The maximum absolute atomic E-state index is 13.4. The SMILES string of the molecule is Cc1ncc(Nc2ccc(F)c(C(F)(F)F)c2)c2c1C1CCC2C1. The quantitative estimate of drug-likeness (QED) is 0.716. The van der Waals surface area contributed by atoms with E-state index in [2.05, 4.69) is 10.3 Å². The lowest BCUT2D eigenvalue weighted by Crippen LogP contribution is -2.10. The molecule has 1 N–H and O–H groups in total. The molecule has 1 aromatic carbocycles. The molecule has 1 fully saturated rings. The molecule has 126 valence electrons. The van der Waals surface area contributed by atoms with Crippen LogP contribution >= 0.6 is 0 Å². The van der Waals surface area contributed by atoms with Crippen LogP contribution in [0.3, 0.4) is 0 Å². The summed E-state index contributed by atoms with van der Waals surface area (Å²) in [6.07, 6.45) is 0.305. The Balaban J connectivity index is 1.73. The number of alkyl halides is 3. The average Bonchev–Trinajstić information content (AvgIpc) is 3.12. The van der Waals surface area contributed by atoms with Gasteiger partial charge in [-0.2, -0.15) is 13.2 Å². The van der Waals surface area contributed by atoms with Crippen LogP contribution in [0.2, 0.25) is 0 Å². The van der Waals surface area contributed by atoms with Crippen LogP contribution in [0.5, 0.6) is 0 Å². The molecule has 2 unspecified atom stereocenters. The lowest BCUT2D eigenvalue weighted by Gasteiger charge is -2.21. The van der Waals surface area contributed by atoms with E-state index in [9.17, 15) is 17.6 Å². The Labute approximate surface area is 136 Å². The van der Waals surface area contributed by atoms with Crippen molar-refractivity contribution >= 4 is 11.4 Å². The lowest BCUT2D eigenvalue weighted by molar-refractivity contribution is -0.139. The van der Waals surface area contributed by atoms with Gasteiger partial charge in [-0.25, -0.2) is 4.39 Å². The maximum Gasteiger partial charge on any atom is 0.419 e. The van der Waals surface area contributed by atoms with Crippen molar-refractivity contribution in [3.8, 4) is 0 Å². The zero-order valence-electron chi connectivity index (χ0n) is 13.0. The van der Waals surface area contributed by atoms with Crippen LogP contribution < -0.4 is 5.32 Å². The standard InChI is InChI=1S/C18H16F4N2/c1-9-16-10-2-3-11(6-10)17(16)15(8-23-9)24-12-4-5-14(19)13(7-12)18(20,21)22/h4-5,7-8,10-11,24H,2-3,6H2,1H3. The fraction of sp³-hybridized carbons (Fsp3) is 0.389. The summed E-state index contributed by atoms with van der Waals surface area (Å²) >= 11 is 0. The van der Waals surface area contributed by atoms with E-state index in [0.29, 0.717) is 11.8 Å². The van der Waals surface area contributed by atoms with E-state index in [1.165, 1.54) is 17.2 Å². The molecule has 6 heteroatoms. The number of benzene rings is 1. The first-order valence-corrected chi connectivity index (χ1v) is 7.97. The molecule has 2 nitrogen and oxygen atoms in total. The lowest BCUT2D eigenvalue weighted by atomic mass is 9.90. The van der Waals surface area contributed by atoms with Gasteiger partial charge in [0, 0.05) is 11.4 Å². The fourth-order valence-corrected chi connectivity index (χ4v) is 4.18. The highest BCUT2D eigenvalue weighted by atomic mass is 19.4. The van der Waals surface area contributed by atoms with Gasteiger partial charge in [-0.3, -0.25) is 4.98 Å². The molecule has 0 amide bonds. The van der Waals surface area contributed by atoms with Gasteiger partial charge < -0.3 is 5.32 Å². The van der Waals surface area contributed by atoms with E-state index in [-0.39, 0.29) is 5.69 Å². The van der Waals surface area contributed by atoms with Gasteiger partial charge in [0.15, 0.2) is 0 Å². The zero-order chi connectivity index (χ0) is 17.1. The van der Waals surface area contributed by atoms with E-state index in [4.69, 9.17) is 0 Å². The summed E-state index contributed by atoms with van der Waals surface area (Å²) < 4.78 is 52.1. The largest absolute Gasteiger partial charge is 0.419 e. The molecule has 2 atom stereocenters. The molecule has 1 aromatic heterocycles. The molecule has 1 saturated carbocycles. The second-order valence-corrected chi connectivity index (χ2v) is 6.61. The van der Waals surface area contributed by atoms with E-state index >= 15 is 0 Å². The third kappa shape index (κ3) is 2.36. The highest BCUT2D eigenvalue weighted by Crippen LogP contribution is 2.56. The van der Waals surface area contributed by atoms with E-state index < -0.39 is 17.6 Å². The Morgan fingerprint density at radius 3 is 2.54 bits per heavy atom. The highest BCUT2D eigenvalue weighted by molar-refractivity contribution is 5.68. The van der Waals surface area contributed by atoms with Crippen molar-refractivity contribution in [2.45, 2.75) is 44.2 Å². The highest BCUT2D eigenvalue weighted by Gasteiger charge is 2.40. The van der Waals surface area contributed by atoms with Gasteiger partial charge in [0.1, 0.15) is 5.82 Å². The first kappa shape index (κ1) is 15.4. The Morgan fingerprint density at radius 2 is 1.83 bits per heavy atom. The van der Waals surface area contributed by atoms with Crippen molar-refractivity contribution in [2.75, 3.05) is 5.32 Å². The van der Waals surface area contributed by atoms with Crippen LogP contribution in [0.25, 0.3) is 0 Å². The number of halogens is 4. The Kier molecular flexibility index (Phi) is 3.34. The number of hydrogen-bond acceptors (Lipinski definition) is 2. The summed E-state index contributed by atoms with van der Waals surface area (Å²) in [5.41, 5.74) is 3.12. The van der Waals surface area contributed by atoms with Crippen LogP contribution in [0.4, 0.5) is 28.9 Å². The molecule has 2 aromatic rings. The average molecular weight is 336 g/mol. The predicted molar refractivity (Wildman–Crippen MR) is 83.0 cm³/mol. The minimum atomic E-state index is -4.71. The van der Waals surface area contributed by atoms with Gasteiger partial charge in [-0.15, -0.1) is 0 Å². The van der Waals surface area contributed by atoms with Crippen molar-refractivity contribution in [2.24, 2.45) is 0 Å². The van der Waals surface area contributed by atoms with Crippen LogP contribution in [-0.4, -0.2) is 4.98 Å². The number of hydrogen-bond donors (Lipinski definition) is 1. The van der Waals surface area contributed by atoms with Crippen molar-refractivity contribution in [1.29, 1.82) is 0 Å². The Hall–Kier alpha value is -2.11. The smallest absolute Gasteiger partial charge is 0.354 e. The van der Waals surface area contributed by atoms with Crippen molar-refractivity contribution in [3.63, 3.8) is 0 Å². The molecular weight excluding hydrogens is 320 g/mol. The van der Waals surface area contributed by atoms with Crippen LogP contribution in [-0.2, 0) is 6.18 Å². The van der Waals surface area contributed by atoms with Crippen LogP contribution in [0.15, 0.2) is 24.4 Å². The number of pyridine rings is 1. The van der Waals surface area contributed by atoms with Crippen molar-refractivity contribution in [3.05, 3.63) is 52.6 Å². The summed E-state index contributed by atoms with van der Waals surface area (Å²) in [6, 6.07) is 2.98. The molecule has 1 heterocycles. The number of anilines is 2. The van der Waals surface area contributed by atoms with Crippen LogP contribution in [0, 0.1) is 12.7 Å². The van der Waals surface area contributed by atoms with E-state index in [1.807, 2.05) is 6.92 Å². The first-order chi connectivity index (χ1) is 11.3. The van der Waals surface area contributed by atoms with Gasteiger partial charge in [0.05, 0.1) is 17.4 Å². The van der Waals surface area contributed by atoms with Gasteiger partial charge in [-0.05, 0) is 67.3 Å². The number of rotatable bonds is 2. The molecule has 0 spiro atoms. The van der Waals surface area contributed by atoms with Gasteiger partial charge in [-0.1, -0.05) is 0 Å². The molecule has 2 aliphatic carbocycles. The third-order valence-corrected chi connectivity index (χ3v) is 5.16. The fourth-order valence-electron chi connectivity index (χ4n) is 4.18. The third-order valence-electron chi connectivity index (χ3n) is 5.16. The number of nitrogens with zero attached hydrogens (tertiary/aromatic N) is 1. The molecule has 0 saturated heterocycles. The summed E-state index contributed by atoms with van der Waals surface area (Å²) in [7, 11) is 0. The molecule has 2 bridgehead atoms. The normalized spacial score (nSPS) is 21.9. The minimum Gasteiger partial charge on any atom is -0.354 e. The van der Waals surface area contributed by atoms with E-state index in [0.717, 1.165) is 42.8 Å². The minimum absolute atomic E-state index is 0.222. The number of aryl methyl sites for hydroxylation is 1. The maximum atomic E-state index is 13.4. The number of nitrogens with one attached hydrogen (secondary N) is 1.